The smallest absolute Gasteiger partial charge is 0.341 e. The highest BCUT2D eigenvalue weighted by Gasteiger charge is 2.33. The fourth-order valence-corrected chi connectivity index (χ4v) is 2.01. The quantitative estimate of drug-likeness (QED) is 0.829. The highest BCUT2D eigenvalue weighted by molar-refractivity contribution is 5.93. The molecule has 0 spiro atoms. The summed E-state index contributed by atoms with van der Waals surface area (Å²) in [5, 5.41) is 9.02. The largest absolute Gasteiger partial charge is 0.477 e. The minimum atomic E-state index is -1.12. The first-order chi connectivity index (χ1) is 8.41. The fraction of sp³-hybridized carbons (Fsp3) is 0.583. The van der Waals surface area contributed by atoms with Crippen LogP contribution in [0.4, 0.5) is 5.82 Å². The zero-order valence-corrected chi connectivity index (χ0v) is 11.1. The van der Waals surface area contributed by atoms with Crippen molar-refractivity contribution in [1.82, 2.24) is 9.97 Å². The van der Waals surface area contributed by atoms with E-state index in [0.717, 1.165) is 0 Å². The maximum atomic E-state index is 11.0. The van der Waals surface area contributed by atoms with Crippen LogP contribution in [-0.4, -0.2) is 28.2 Å². The number of anilines is 1. The average molecular weight is 253 g/mol. The lowest BCUT2D eigenvalue weighted by atomic mass is 9.95. The van der Waals surface area contributed by atoms with Gasteiger partial charge in [0.05, 0.1) is 5.69 Å². The average Bonchev–Trinajstić information content (AvgIpc) is 2.30. The lowest BCUT2D eigenvalue weighted by molar-refractivity contribution is -0.0292. The molecule has 1 heterocycles. The molecule has 0 unspecified atom stereocenters. The Hall–Kier alpha value is -1.69. The number of aryl methyl sites for hydroxylation is 1. The second-order valence-corrected chi connectivity index (χ2v) is 4.10. The molecule has 0 radical (unpaired) electrons. The number of carbonyl (C=O) groups is 1. The van der Waals surface area contributed by atoms with Gasteiger partial charge in [-0.1, -0.05) is 13.8 Å². The van der Waals surface area contributed by atoms with E-state index in [1.54, 1.807) is 14.0 Å². The zero-order valence-electron chi connectivity index (χ0n) is 11.1. The van der Waals surface area contributed by atoms with Crippen molar-refractivity contribution >= 4 is 11.8 Å². The van der Waals surface area contributed by atoms with Crippen molar-refractivity contribution in [3.05, 3.63) is 17.1 Å². The third-order valence-corrected chi connectivity index (χ3v) is 3.27. The Morgan fingerprint density at radius 3 is 2.28 bits per heavy atom. The Balaban J connectivity index is 3.41. The van der Waals surface area contributed by atoms with Gasteiger partial charge in [-0.25, -0.2) is 14.8 Å². The third-order valence-electron chi connectivity index (χ3n) is 3.27. The van der Waals surface area contributed by atoms with Gasteiger partial charge in [0.15, 0.2) is 5.82 Å². The van der Waals surface area contributed by atoms with Gasteiger partial charge in [0.1, 0.15) is 17.0 Å². The molecule has 6 heteroatoms. The first-order valence-corrected chi connectivity index (χ1v) is 5.84. The number of hydrogen-bond donors (Lipinski definition) is 2. The number of hydrogen-bond acceptors (Lipinski definition) is 5. The van der Waals surface area contributed by atoms with E-state index in [4.69, 9.17) is 15.6 Å². The number of rotatable bonds is 5. The molecule has 18 heavy (non-hydrogen) atoms. The van der Waals surface area contributed by atoms with Gasteiger partial charge >= 0.3 is 5.97 Å². The van der Waals surface area contributed by atoms with Gasteiger partial charge in [0.2, 0.25) is 0 Å². The van der Waals surface area contributed by atoms with E-state index >= 15 is 0 Å². The molecule has 0 bridgehead atoms. The molecule has 6 nitrogen and oxygen atoms in total. The first-order valence-electron chi connectivity index (χ1n) is 5.84. The summed E-state index contributed by atoms with van der Waals surface area (Å²) in [5.74, 6) is -0.698. The SMILES string of the molecule is CCC(CC)(OC)c1nc(C)c(C(=O)O)c(N)n1. The highest BCUT2D eigenvalue weighted by atomic mass is 16.5. The number of carboxylic acids is 1. The van der Waals surface area contributed by atoms with Crippen molar-refractivity contribution < 1.29 is 14.6 Å². The topological polar surface area (TPSA) is 98.3 Å². The minimum Gasteiger partial charge on any atom is -0.477 e. The molecule has 0 fully saturated rings. The van der Waals surface area contributed by atoms with Crippen LogP contribution < -0.4 is 5.73 Å². The van der Waals surface area contributed by atoms with E-state index in [-0.39, 0.29) is 11.4 Å². The standard InChI is InChI=1S/C12H19N3O3/c1-5-12(6-2,18-4)11-14-7(3)8(10(16)17)9(13)15-11/h5-6H2,1-4H3,(H,16,17)(H2,13,14,15). The van der Waals surface area contributed by atoms with Gasteiger partial charge in [-0.3, -0.25) is 0 Å². The number of carboxylic acid groups (broad SMARTS) is 1. The van der Waals surface area contributed by atoms with Crippen LogP contribution in [0.2, 0.25) is 0 Å². The summed E-state index contributed by atoms with van der Waals surface area (Å²) in [5.41, 5.74) is 5.39. The molecule has 1 rings (SSSR count). The summed E-state index contributed by atoms with van der Waals surface area (Å²) >= 11 is 0. The highest BCUT2D eigenvalue weighted by Crippen LogP contribution is 2.31. The second kappa shape index (κ2) is 5.30. The predicted molar refractivity (Wildman–Crippen MR) is 67.4 cm³/mol. The normalized spacial score (nSPS) is 11.6. The predicted octanol–water partition coefficient (Wildman–Crippen LogP) is 1.73. The molecule has 100 valence electrons. The second-order valence-electron chi connectivity index (χ2n) is 4.10. The van der Waals surface area contributed by atoms with E-state index in [1.165, 1.54) is 0 Å². The van der Waals surface area contributed by atoms with Crippen LogP contribution in [-0.2, 0) is 10.3 Å². The number of aromatic nitrogens is 2. The van der Waals surface area contributed by atoms with Crippen LogP contribution in [0.3, 0.4) is 0 Å². The van der Waals surface area contributed by atoms with Crippen LogP contribution in [0.15, 0.2) is 0 Å². The molecule has 0 atom stereocenters. The summed E-state index contributed by atoms with van der Waals surface area (Å²) < 4.78 is 5.50. The summed E-state index contributed by atoms with van der Waals surface area (Å²) in [6.45, 7) is 5.54. The van der Waals surface area contributed by atoms with Crippen molar-refractivity contribution in [2.45, 2.75) is 39.2 Å². The molecule has 0 amide bonds. The molecular formula is C12H19N3O3. The number of nitrogen functional groups attached to an aromatic ring is 1. The van der Waals surface area contributed by atoms with Crippen LogP contribution in [0.1, 0.15) is 48.6 Å². The Morgan fingerprint density at radius 2 is 1.94 bits per heavy atom. The minimum absolute atomic E-state index is 0.0201. The van der Waals surface area contributed by atoms with Crippen LogP contribution in [0.25, 0.3) is 0 Å². The molecule has 0 saturated heterocycles. The summed E-state index contributed by atoms with van der Waals surface area (Å²) in [6, 6.07) is 0. The molecule has 0 saturated carbocycles. The van der Waals surface area contributed by atoms with Crippen LogP contribution >= 0.6 is 0 Å². The molecule has 1 aromatic rings. The maximum absolute atomic E-state index is 11.0. The summed E-state index contributed by atoms with van der Waals surface area (Å²) in [6.07, 6.45) is 1.37. The van der Waals surface area contributed by atoms with Crippen molar-refractivity contribution in [3.8, 4) is 0 Å². The first kappa shape index (κ1) is 14.4. The van der Waals surface area contributed by atoms with Gasteiger partial charge in [0.25, 0.3) is 0 Å². The van der Waals surface area contributed by atoms with Crippen molar-refractivity contribution in [2.75, 3.05) is 12.8 Å². The summed E-state index contributed by atoms with van der Waals surface area (Å²) in [4.78, 5) is 19.4. The van der Waals surface area contributed by atoms with Gasteiger partial charge in [-0.2, -0.15) is 0 Å². The molecule has 0 aliphatic rings. The van der Waals surface area contributed by atoms with E-state index in [9.17, 15) is 4.79 Å². The third kappa shape index (κ3) is 2.28. The Bertz CT molecular complexity index is 425. The number of methoxy groups -OCH3 is 1. The van der Waals surface area contributed by atoms with E-state index in [0.29, 0.717) is 24.4 Å². The Morgan fingerprint density at radius 1 is 1.39 bits per heavy atom. The maximum Gasteiger partial charge on any atom is 0.341 e. The lowest BCUT2D eigenvalue weighted by Gasteiger charge is -2.29. The van der Waals surface area contributed by atoms with Crippen molar-refractivity contribution in [2.24, 2.45) is 0 Å². The number of aromatic carboxylic acids is 1. The lowest BCUT2D eigenvalue weighted by Crippen LogP contribution is -2.30. The molecule has 0 aliphatic heterocycles. The van der Waals surface area contributed by atoms with Crippen LogP contribution in [0, 0.1) is 6.92 Å². The van der Waals surface area contributed by atoms with E-state index in [1.807, 2.05) is 13.8 Å². The Labute approximate surface area is 106 Å². The van der Waals surface area contributed by atoms with Gasteiger partial charge < -0.3 is 15.6 Å². The fourth-order valence-electron chi connectivity index (χ4n) is 2.01. The number of nitrogens with two attached hydrogens (primary N) is 1. The van der Waals surface area contributed by atoms with Crippen LogP contribution in [0.5, 0.6) is 0 Å². The molecule has 3 N–H and O–H groups in total. The Kier molecular flexibility index (Phi) is 4.24. The number of ether oxygens (including phenoxy) is 1. The molecule has 0 aromatic carbocycles. The van der Waals surface area contributed by atoms with Gasteiger partial charge in [0, 0.05) is 7.11 Å². The molecule has 1 aromatic heterocycles. The van der Waals surface area contributed by atoms with Crippen molar-refractivity contribution in [3.63, 3.8) is 0 Å². The molecular weight excluding hydrogens is 234 g/mol. The van der Waals surface area contributed by atoms with E-state index < -0.39 is 11.6 Å². The van der Waals surface area contributed by atoms with Gasteiger partial charge in [-0.05, 0) is 19.8 Å². The summed E-state index contributed by atoms with van der Waals surface area (Å²) in [7, 11) is 1.59. The monoisotopic (exact) mass is 253 g/mol. The van der Waals surface area contributed by atoms with Crippen molar-refractivity contribution in [1.29, 1.82) is 0 Å². The number of nitrogens with zero attached hydrogens (tertiary/aromatic N) is 2. The molecule has 0 aliphatic carbocycles. The van der Waals surface area contributed by atoms with Gasteiger partial charge in [-0.15, -0.1) is 0 Å². The van der Waals surface area contributed by atoms with E-state index in [2.05, 4.69) is 9.97 Å². The zero-order chi connectivity index (χ0) is 13.9.